The SMILES string of the molecule is CCNC(=NCc1ccc(C)cc1SC)NCCNC(=O)c1ccccc1F.I. The van der Waals surface area contributed by atoms with Gasteiger partial charge in [0.15, 0.2) is 5.96 Å². The molecule has 0 fully saturated rings. The van der Waals surface area contributed by atoms with Crippen molar-refractivity contribution < 1.29 is 9.18 Å². The summed E-state index contributed by atoms with van der Waals surface area (Å²) in [7, 11) is 0. The number of hydrogen-bond donors (Lipinski definition) is 3. The second-order valence-electron chi connectivity index (χ2n) is 6.17. The van der Waals surface area contributed by atoms with Crippen molar-refractivity contribution in [3.63, 3.8) is 0 Å². The lowest BCUT2D eigenvalue weighted by Crippen LogP contribution is -2.41. The number of aryl methyl sites for hydroxylation is 1. The average molecular weight is 530 g/mol. The Labute approximate surface area is 193 Å². The zero-order valence-electron chi connectivity index (χ0n) is 16.9. The number of rotatable bonds is 8. The molecule has 2 aromatic rings. The molecule has 8 heteroatoms. The molecule has 2 aromatic carbocycles. The normalized spacial score (nSPS) is 10.8. The molecular formula is C21H28FIN4OS. The number of carbonyl (C=O) groups is 1. The number of nitrogens with one attached hydrogen (secondary N) is 3. The van der Waals surface area contributed by atoms with Crippen LogP contribution in [-0.2, 0) is 6.54 Å². The third-order valence-electron chi connectivity index (χ3n) is 4.02. The van der Waals surface area contributed by atoms with E-state index in [1.807, 2.05) is 6.92 Å². The second kappa shape index (κ2) is 13.4. The van der Waals surface area contributed by atoms with Crippen LogP contribution < -0.4 is 16.0 Å². The monoisotopic (exact) mass is 530 g/mol. The van der Waals surface area contributed by atoms with E-state index in [4.69, 9.17) is 0 Å². The van der Waals surface area contributed by atoms with Crippen LogP contribution in [0.4, 0.5) is 4.39 Å². The lowest BCUT2D eigenvalue weighted by molar-refractivity contribution is 0.0950. The van der Waals surface area contributed by atoms with Crippen LogP contribution >= 0.6 is 35.7 Å². The van der Waals surface area contributed by atoms with Crippen LogP contribution in [0, 0.1) is 12.7 Å². The Balaban J connectivity index is 0.00000420. The van der Waals surface area contributed by atoms with Crippen molar-refractivity contribution >= 4 is 47.6 Å². The summed E-state index contributed by atoms with van der Waals surface area (Å²) in [4.78, 5) is 17.9. The van der Waals surface area contributed by atoms with Crippen molar-refractivity contribution in [1.29, 1.82) is 0 Å². The summed E-state index contributed by atoms with van der Waals surface area (Å²) in [5.74, 6) is -0.271. The Morgan fingerprint density at radius 1 is 1.10 bits per heavy atom. The molecule has 0 saturated heterocycles. The van der Waals surface area contributed by atoms with Gasteiger partial charge in [-0.15, -0.1) is 35.7 Å². The van der Waals surface area contributed by atoms with Crippen LogP contribution in [0.25, 0.3) is 0 Å². The summed E-state index contributed by atoms with van der Waals surface area (Å²) in [5, 5.41) is 9.08. The number of benzene rings is 2. The maximum atomic E-state index is 13.6. The van der Waals surface area contributed by atoms with E-state index in [0.29, 0.717) is 25.6 Å². The van der Waals surface area contributed by atoms with Crippen LogP contribution in [-0.4, -0.2) is 37.8 Å². The van der Waals surface area contributed by atoms with E-state index >= 15 is 0 Å². The molecule has 0 aliphatic carbocycles. The number of carbonyl (C=O) groups excluding carboxylic acids is 1. The van der Waals surface area contributed by atoms with E-state index in [9.17, 15) is 9.18 Å². The van der Waals surface area contributed by atoms with Crippen LogP contribution in [0.2, 0.25) is 0 Å². The van der Waals surface area contributed by atoms with Crippen LogP contribution in [0.3, 0.4) is 0 Å². The highest BCUT2D eigenvalue weighted by Gasteiger charge is 2.09. The lowest BCUT2D eigenvalue weighted by atomic mass is 10.1. The van der Waals surface area contributed by atoms with E-state index in [1.54, 1.807) is 23.9 Å². The molecule has 0 aliphatic rings. The minimum absolute atomic E-state index is 0. The lowest BCUT2D eigenvalue weighted by Gasteiger charge is -2.13. The summed E-state index contributed by atoms with van der Waals surface area (Å²) >= 11 is 1.71. The molecule has 5 nitrogen and oxygen atoms in total. The van der Waals surface area contributed by atoms with Crippen molar-refractivity contribution in [2.75, 3.05) is 25.9 Å². The number of nitrogens with zero attached hydrogens (tertiary/aromatic N) is 1. The molecule has 2 rings (SSSR count). The van der Waals surface area contributed by atoms with Crippen molar-refractivity contribution in [2.24, 2.45) is 4.99 Å². The zero-order chi connectivity index (χ0) is 20.4. The Morgan fingerprint density at radius 3 is 2.52 bits per heavy atom. The minimum Gasteiger partial charge on any atom is -0.357 e. The summed E-state index contributed by atoms with van der Waals surface area (Å²) in [6.45, 7) is 6.21. The summed E-state index contributed by atoms with van der Waals surface area (Å²) in [5.41, 5.74) is 2.45. The molecule has 0 unspecified atom stereocenters. The average Bonchev–Trinajstić information content (AvgIpc) is 2.70. The molecule has 1 amide bonds. The molecule has 0 spiro atoms. The van der Waals surface area contributed by atoms with Gasteiger partial charge in [0.2, 0.25) is 0 Å². The standard InChI is InChI=1S/C21H27FN4OS.HI/c1-4-23-21(26-14-16-10-9-15(2)13-19(16)28-3)25-12-11-24-20(27)17-7-5-6-8-18(17)22;/h5-10,13H,4,11-12,14H2,1-3H3,(H,24,27)(H2,23,25,26);1H. The van der Waals surface area contributed by atoms with E-state index in [1.165, 1.54) is 28.2 Å². The quantitative estimate of drug-likeness (QED) is 0.159. The van der Waals surface area contributed by atoms with E-state index in [2.05, 4.69) is 52.3 Å². The third-order valence-corrected chi connectivity index (χ3v) is 4.84. The fourth-order valence-electron chi connectivity index (χ4n) is 2.59. The predicted molar refractivity (Wildman–Crippen MR) is 130 cm³/mol. The number of aliphatic imine (C=N–C) groups is 1. The van der Waals surface area contributed by atoms with E-state index < -0.39 is 11.7 Å². The van der Waals surface area contributed by atoms with Crippen LogP contribution in [0.15, 0.2) is 52.4 Å². The molecule has 3 N–H and O–H groups in total. The van der Waals surface area contributed by atoms with Gasteiger partial charge in [0.25, 0.3) is 5.91 Å². The highest BCUT2D eigenvalue weighted by Crippen LogP contribution is 2.22. The Kier molecular flexibility index (Phi) is 11.7. The number of halogens is 2. The van der Waals surface area contributed by atoms with Gasteiger partial charge < -0.3 is 16.0 Å². The number of amides is 1. The molecule has 158 valence electrons. The topological polar surface area (TPSA) is 65.5 Å². The van der Waals surface area contributed by atoms with E-state index in [0.717, 1.165) is 6.54 Å². The summed E-state index contributed by atoms with van der Waals surface area (Å²) < 4.78 is 13.6. The fourth-order valence-corrected chi connectivity index (χ4v) is 3.28. The fraction of sp³-hybridized carbons (Fsp3) is 0.333. The largest absolute Gasteiger partial charge is 0.357 e. The first-order chi connectivity index (χ1) is 13.5. The Morgan fingerprint density at radius 2 is 1.83 bits per heavy atom. The van der Waals surface area contributed by atoms with Crippen molar-refractivity contribution in [1.82, 2.24) is 16.0 Å². The zero-order valence-corrected chi connectivity index (χ0v) is 20.1. The molecule has 0 radical (unpaired) electrons. The Bertz CT molecular complexity index is 832. The highest BCUT2D eigenvalue weighted by molar-refractivity contribution is 14.0. The molecule has 0 atom stereocenters. The van der Waals surface area contributed by atoms with Gasteiger partial charge in [0.1, 0.15) is 5.82 Å². The predicted octanol–water partition coefficient (Wildman–Crippen LogP) is 3.96. The van der Waals surface area contributed by atoms with Gasteiger partial charge >= 0.3 is 0 Å². The third kappa shape index (κ3) is 8.22. The molecule has 0 heterocycles. The molecular weight excluding hydrogens is 502 g/mol. The van der Waals surface area contributed by atoms with Gasteiger partial charge in [0, 0.05) is 24.5 Å². The second-order valence-corrected chi connectivity index (χ2v) is 7.02. The summed E-state index contributed by atoms with van der Waals surface area (Å²) in [6, 6.07) is 12.3. The van der Waals surface area contributed by atoms with Gasteiger partial charge in [-0.3, -0.25) is 4.79 Å². The molecule has 29 heavy (non-hydrogen) atoms. The summed E-state index contributed by atoms with van der Waals surface area (Å²) in [6.07, 6.45) is 2.06. The van der Waals surface area contributed by atoms with Crippen molar-refractivity contribution in [3.05, 3.63) is 65.0 Å². The molecule has 0 aliphatic heterocycles. The van der Waals surface area contributed by atoms with Crippen molar-refractivity contribution in [3.8, 4) is 0 Å². The van der Waals surface area contributed by atoms with E-state index in [-0.39, 0.29) is 29.5 Å². The maximum absolute atomic E-state index is 13.6. The number of thioether (sulfide) groups is 1. The van der Waals surface area contributed by atoms with Crippen LogP contribution in [0.1, 0.15) is 28.4 Å². The first-order valence-electron chi connectivity index (χ1n) is 9.23. The van der Waals surface area contributed by atoms with Gasteiger partial charge in [-0.1, -0.05) is 24.3 Å². The highest BCUT2D eigenvalue weighted by atomic mass is 127. The molecule has 0 aromatic heterocycles. The van der Waals surface area contributed by atoms with Crippen molar-refractivity contribution in [2.45, 2.75) is 25.3 Å². The van der Waals surface area contributed by atoms with Gasteiger partial charge in [-0.2, -0.15) is 0 Å². The minimum atomic E-state index is -0.523. The first-order valence-corrected chi connectivity index (χ1v) is 10.5. The van der Waals surface area contributed by atoms with Gasteiger partial charge in [-0.25, -0.2) is 9.38 Å². The molecule has 0 bridgehead atoms. The molecule has 0 saturated carbocycles. The van der Waals surface area contributed by atoms with Gasteiger partial charge in [0.05, 0.1) is 12.1 Å². The first kappa shape index (κ1) is 25.2. The van der Waals surface area contributed by atoms with Gasteiger partial charge in [-0.05, 0) is 49.4 Å². The number of hydrogen-bond acceptors (Lipinski definition) is 3. The number of guanidine groups is 1. The Hall–Kier alpha value is -1.81. The maximum Gasteiger partial charge on any atom is 0.254 e. The smallest absolute Gasteiger partial charge is 0.254 e. The van der Waals surface area contributed by atoms with Crippen LogP contribution in [0.5, 0.6) is 0 Å².